The molecule has 0 radical (unpaired) electrons. The fourth-order valence-electron chi connectivity index (χ4n) is 6.97. The van der Waals surface area contributed by atoms with Crippen LogP contribution in [-0.4, -0.2) is 26.4 Å². The molecule has 0 N–H and O–H groups in total. The molecule has 0 saturated heterocycles. The van der Waals surface area contributed by atoms with Crippen molar-refractivity contribution in [2.24, 2.45) is 0 Å². The Morgan fingerprint density at radius 2 is 1.37 bits per heavy atom. The van der Waals surface area contributed by atoms with Crippen molar-refractivity contribution in [1.29, 1.82) is 0 Å². The third-order valence-electron chi connectivity index (χ3n) is 9.51. The van der Waals surface area contributed by atoms with Crippen LogP contribution in [0.5, 0.6) is 5.75 Å². The zero-order chi connectivity index (χ0) is 35.2. The Morgan fingerprint density at radius 1 is 0.735 bits per heavy atom. The molecule has 0 aliphatic heterocycles. The van der Waals surface area contributed by atoms with Gasteiger partial charge in [0.05, 0.1) is 41.1 Å². The van der Waals surface area contributed by atoms with E-state index >= 15 is 0 Å². The predicted molar refractivity (Wildman–Crippen MR) is 205 cm³/mol. The maximum atomic E-state index is 5.88. The highest BCUT2D eigenvalue weighted by Gasteiger charge is 2.24. The largest absolute Gasteiger partial charge is 0.496 e. The summed E-state index contributed by atoms with van der Waals surface area (Å²) in [5, 5.41) is 5.02. The number of nitrogens with zero attached hydrogens (tertiary/aromatic N) is 4. The van der Waals surface area contributed by atoms with Crippen molar-refractivity contribution in [3.63, 3.8) is 0 Å². The summed E-state index contributed by atoms with van der Waals surface area (Å²) in [6.07, 6.45) is 2.20. The molecular formula is C44H50N4O. The minimum absolute atomic E-state index is 0.0795. The first kappa shape index (κ1) is 34.0. The van der Waals surface area contributed by atoms with E-state index in [1.165, 1.54) is 39.1 Å². The average Bonchev–Trinajstić information content (AvgIpc) is 3.67. The van der Waals surface area contributed by atoms with Gasteiger partial charge in [0.25, 0.3) is 0 Å². The van der Waals surface area contributed by atoms with Crippen LogP contribution in [0.3, 0.4) is 0 Å². The van der Waals surface area contributed by atoms with Crippen LogP contribution in [-0.2, 0) is 5.41 Å². The van der Waals surface area contributed by atoms with E-state index in [1.807, 2.05) is 12.1 Å². The zero-order valence-electron chi connectivity index (χ0n) is 31.0. The Bertz CT molecular complexity index is 2090. The van der Waals surface area contributed by atoms with E-state index in [9.17, 15) is 0 Å². The van der Waals surface area contributed by atoms with Crippen molar-refractivity contribution < 1.29 is 4.74 Å². The van der Waals surface area contributed by atoms with Crippen LogP contribution in [0.1, 0.15) is 93.8 Å². The Labute approximate surface area is 292 Å². The van der Waals surface area contributed by atoms with Crippen LogP contribution in [0.25, 0.3) is 45.3 Å². The highest BCUT2D eigenvalue weighted by molar-refractivity contribution is 5.75. The van der Waals surface area contributed by atoms with Gasteiger partial charge < -0.3 is 4.74 Å². The van der Waals surface area contributed by atoms with E-state index in [-0.39, 0.29) is 5.41 Å². The molecule has 0 fully saturated rings. The SMILES string of the molecule is COc1ccccc1-c1nc(-c2cccc(-n3nc(C)cc3-c3c(C)cc(C(C)(C)C)cc3C)c2)cn1-c1c(C(C)C)cccc1C(C)C. The Morgan fingerprint density at radius 3 is 1.98 bits per heavy atom. The van der Waals surface area contributed by atoms with Crippen molar-refractivity contribution in [2.45, 2.75) is 86.5 Å². The van der Waals surface area contributed by atoms with E-state index in [1.54, 1.807) is 7.11 Å². The van der Waals surface area contributed by atoms with Gasteiger partial charge in [0.1, 0.15) is 11.6 Å². The second-order valence-electron chi connectivity index (χ2n) is 15.0. The maximum Gasteiger partial charge on any atom is 0.149 e. The van der Waals surface area contributed by atoms with Gasteiger partial charge in [-0.1, -0.05) is 103 Å². The van der Waals surface area contributed by atoms with Crippen LogP contribution in [0.4, 0.5) is 0 Å². The van der Waals surface area contributed by atoms with Crippen molar-refractivity contribution >= 4 is 0 Å². The lowest BCUT2D eigenvalue weighted by Crippen LogP contribution is -2.12. The number of para-hydroxylation sites is 2. The van der Waals surface area contributed by atoms with Crippen molar-refractivity contribution in [1.82, 2.24) is 19.3 Å². The molecule has 0 unspecified atom stereocenters. The molecule has 0 amide bonds. The molecule has 0 aliphatic rings. The molecular weight excluding hydrogens is 601 g/mol. The van der Waals surface area contributed by atoms with Crippen molar-refractivity contribution in [3.05, 3.63) is 125 Å². The smallest absolute Gasteiger partial charge is 0.149 e. The highest BCUT2D eigenvalue weighted by atomic mass is 16.5. The van der Waals surface area contributed by atoms with Crippen LogP contribution >= 0.6 is 0 Å². The minimum Gasteiger partial charge on any atom is -0.496 e. The fourth-order valence-corrected chi connectivity index (χ4v) is 6.97. The predicted octanol–water partition coefficient (Wildman–Crippen LogP) is 11.5. The fraction of sp³-hybridized carbons (Fsp3) is 0.318. The van der Waals surface area contributed by atoms with Gasteiger partial charge in [-0.25, -0.2) is 9.67 Å². The molecule has 0 bridgehead atoms. The molecule has 0 aliphatic carbocycles. The average molecular weight is 651 g/mol. The highest BCUT2D eigenvalue weighted by Crippen LogP contribution is 2.39. The molecule has 0 saturated carbocycles. The first-order chi connectivity index (χ1) is 23.3. The molecule has 0 atom stereocenters. The molecule has 6 rings (SSSR count). The molecule has 49 heavy (non-hydrogen) atoms. The van der Waals surface area contributed by atoms with Crippen LogP contribution < -0.4 is 4.74 Å². The summed E-state index contributed by atoms with van der Waals surface area (Å²) in [7, 11) is 1.72. The number of rotatable bonds is 8. The molecule has 2 aromatic heterocycles. The lowest BCUT2D eigenvalue weighted by atomic mass is 9.83. The van der Waals surface area contributed by atoms with Gasteiger partial charge in [-0.2, -0.15) is 5.10 Å². The summed E-state index contributed by atoms with van der Waals surface area (Å²) in [6.45, 7) is 22.4. The first-order valence-corrected chi connectivity index (χ1v) is 17.4. The lowest BCUT2D eigenvalue weighted by molar-refractivity contribution is 0.416. The van der Waals surface area contributed by atoms with Crippen LogP contribution in [0.15, 0.2) is 91.1 Å². The molecule has 5 nitrogen and oxygen atoms in total. The molecule has 2 heterocycles. The van der Waals surface area contributed by atoms with Gasteiger partial charge in [0, 0.05) is 17.3 Å². The van der Waals surface area contributed by atoms with Gasteiger partial charge in [-0.3, -0.25) is 4.57 Å². The summed E-state index contributed by atoms with van der Waals surface area (Å²) in [6, 6.07) is 30.3. The van der Waals surface area contributed by atoms with E-state index in [0.717, 1.165) is 45.5 Å². The first-order valence-electron chi connectivity index (χ1n) is 17.4. The second-order valence-corrected chi connectivity index (χ2v) is 15.0. The maximum absolute atomic E-state index is 5.88. The lowest BCUT2D eigenvalue weighted by Gasteiger charge is -2.22. The quantitative estimate of drug-likeness (QED) is 0.165. The number of ether oxygens (including phenoxy) is 1. The number of aryl methyl sites for hydroxylation is 3. The van der Waals surface area contributed by atoms with Gasteiger partial charge in [-0.15, -0.1) is 0 Å². The van der Waals surface area contributed by atoms with E-state index in [2.05, 4.69) is 157 Å². The number of imidazole rings is 1. The van der Waals surface area contributed by atoms with E-state index in [4.69, 9.17) is 14.8 Å². The standard InChI is InChI=1S/C44H50N4O/c1-27(2)35-19-15-20-36(28(3)4)42(35)47-26-38(45-43(47)37-18-12-13-21-40(37)49-11)32-16-14-17-34(25-32)48-39(24-31(7)46-48)41-29(5)22-33(23-30(41)6)44(8,9)10/h12-28H,1-11H3. The van der Waals surface area contributed by atoms with E-state index in [0.29, 0.717) is 11.8 Å². The second kappa shape index (κ2) is 13.2. The Balaban J connectivity index is 1.55. The summed E-state index contributed by atoms with van der Waals surface area (Å²) in [4.78, 5) is 5.37. The zero-order valence-corrected chi connectivity index (χ0v) is 31.0. The third-order valence-corrected chi connectivity index (χ3v) is 9.51. The number of hydrogen-bond acceptors (Lipinski definition) is 3. The molecule has 252 valence electrons. The monoisotopic (exact) mass is 650 g/mol. The molecule has 6 aromatic rings. The summed E-state index contributed by atoms with van der Waals surface area (Å²) in [5.41, 5.74) is 14.9. The molecule has 4 aromatic carbocycles. The molecule has 5 heteroatoms. The summed E-state index contributed by atoms with van der Waals surface area (Å²) < 4.78 is 10.3. The van der Waals surface area contributed by atoms with Gasteiger partial charge in [-0.05, 0) is 96.2 Å². The number of aromatic nitrogens is 4. The van der Waals surface area contributed by atoms with Gasteiger partial charge >= 0.3 is 0 Å². The minimum atomic E-state index is 0.0795. The number of methoxy groups -OCH3 is 1. The molecule has 0 spiro atoms. The Hall–Kier alpha value is -4.90. The van der Waals surface area contributed by atoms with Crippen molar-refractivity contribution in [2.75, 3.05) is 7.11 Å². The third kappa shape index (κ3) is 6.47. The number of hydrogen-bond donors (Lipinski definition) is 0. The van der Waals surface area contributed by atoms with Crippen LogP contribution in [0, 0.1) is 20.8 Å². The van der Waals surface area contributed by atoms with Crippen molar-refractivity contribution in [3.8, 4) is 51.0 Å². The van der Waals surface area contributed by atoms with E-state index < -0.39 is 0 Å². The topological polar surface area (TPSA) is 44.9 Å². The normalized spacial score (nSPS) is 11.9. The van der Waals surface area contributed by atoms with Gasteiger partial charge in [0.15, 0.2) is 0 Å². The van der Waals surface area contributed by atoms with Gasteiger partial charge in [0.2, 0.25) is 0 Å². The summed E-state index contributed by atoms with van der Waals surface area (Å²) >= 11 is 0. The Kier molecular flexibility index (Phi) is 9.15. The van der Waals surface area contributed by atoms with Crippen LogP contribution in [0.2, 0.25) is 0 Å². The summed E-state index contributed by atoms with van der Waals surface area (Å²) in [5.74, 6) is 2.31. The number of benzene rings is 4.